The number of nitrogens with one attached hydrogen (secondary N) is 1. The molecule has 2 saturated carbocycles. The Morgan fingerprint density at radius 1 is 1.19 bits per heavy atom. The van der Waals surface area contributed by atoms with Crippen molar-refractivity contribution < 1.29 is 27.3 Å². The highest BCUT2D eigenvalue weighted by Crippen LogP contribution is 2.34. The summed E-state index contributed by atoms with van der Waals surface area (Å²) in [6.07, 6.45) is 1.96. The lowest BCUT2D eigenvalue weighted by Gasteiger charge is -2.38. The first-order valence-corrected chi connectivity index (χ1v) is 10.3. The predicted molar refractivity (Wildman–Crippen MR) is 99.3 cm³/mol. The standard InChI is InChI=1S/C20H20F3N5O3/c21-20(22,23)19-26-16(27-31-19)11-7-12-14(24-8-11)9-28(18(12)30)15-4-2-1-3-13(15)25-17(29)10-5-6-10/h7-8,10,13,15H,1-6,9H2,(H,25,29)/t13-,15-/m1/s1. The first kappa shape index (κ1) is 20.0. The van der Waals surface area contributed by atoms with Crippen LogP contribution >= 0.6 is 0 Å². The molecule has 31 heavy (non-hydrogen) atoms. The Morgan fingerprint density at radius 3 is 2.68 bits per heavy atom. The summed E-state index contributed by atoms with van der Waals surface area (Å²) in [5.74, 6) is -1.83. The molecular formula is C20H20F3N5O3. The number of hydrogen-bond acceptors (Lipinski definition) is 6. The Morgan fingerprint density at radius 2 is 1.97 bits per heavy atom. The third kappa shape index (κ3) is 3.77. The van der Waals surface area contributed by atoms with Gasteiger partial charge < -0.3 is 14.7 Å². The average Bonchev–Trinajstić information content (AvgIpc) is 3.38. The molecule has 0 radical (unpaired) electrons. The summed E-state index contributed by atoms with van der Waals surface area (Å²) in [4.78, 5) is 34.8. The molecule has 5 rings (SSSR count). The second-order valence-electron chi connectivity index (χ2n) is 8.31. The van der Waals surface area contributed by atoms with Crippen molar-refractivity contribution in [2.75, 3.05) is 0 Å². The second-order valence-corrected chi connectivity index (χ2v) is 8.31. The van der Waals surface area contributed by atoms with E-state index in [2.05, 4.69) is 25.0 Å². The summed E-state index contributed by atoms with van der Waals surface area (Å²) in [6, 6.07) is 1.21. The number of aromatic nitrogens is 3. The van der Waals surface area contributed by atoms with Crippen LogP contribution in [0.3, 0.4) is 0 Å². The van der Waals surface area contributed by atoms with Crippen LogP contribution in [0.4, 0.5) is 13.2 Å². The van der Waals surface area contributed by atoms with Crippen molar-refractivity contribution in [3.05, 3.63) is 29.4 Å². The van der Waals surface area contributed by atoms with E-state index in [1.165, 1.54) is 12.3 Å². The number of hydrogen-bond donors (Lipinski definition) is 1. The lowest BCUT2D eigenvalue weighted by molar-refractivity contribution is -0.159. The van der Waals surface area contributed by atoms with E-state index >= 15 is 0 Å². The molecule has 0 unspecified atom stereocenters. The van der Waals surface area contributed by atoms with Gasteiger partial charge in [0.1, 0.15) is 0 Å². The quantitative estimate of drug-likeness (QED) is 0.793. The molecule has 1 N–H and O–H groups in total. The fourth-order valence-electron chi connectivity index (χ4n) is 4.34. The number of halogens is 3. The molecule has 2 fully saturated rings. The van der Waals surface area contributed by atoms with E-state index in [-0.39, 0.29) is 41.2 Å². The van der Waals surface area contributed by atoms with Crippen molar-refractivity contribution in [1.29, 1.82) is 0 Å². The summed E-state index contributed by atoms with van der Waals surface area (Å²) in [5.41, 5.74) is 1.04. The first-order chi connectivity index (χ1) is 14.8. The number of rotatable bonds is 4. The van der Waals surface area contributed by atoms with Gasteiger partial charge in [0.15, 0.2) is 0 Å². The molecule has 0 aromatic carbocycles. The first-order valence-electron chi connectivity index (χ1n) is 10.3. The number of fused-ring (bicyclic) bond motifs is 1. The Labute approximate surface area is 175 Å². The maximum Gasteiger partial charge on any atom is 0.471 e. The molecule has 3 aliphatic rings. The molecule has 2 aromatic rings. The normalized spacial score (nSPS) is 23.7. The maximum atomic E-state index is 13.2. The van der Waals surface area contributed by atoms with Crippen molar-refractivity contribution >= 4 is 11.8 Å². The van der Waals surface area contributed by atoms with Crippen LogP contribution < -0.4 is 5.32 Å². The molecule has 2 aliphatic carbocycles. The smallest absolute Gasteiger partial charge is 0.351 e. The lowest BCUT2D eigenvalue weighted by Crippen LogP contribution is -2.53. The Hall–Kier alpha value is -2.98. The third-order valence-corrected chi connectivity index (χ3v) is 6.11. The van der Waals surface area contributed by atoms with E-state index < -0.39 is 12.1 Å². The van der Waals surface area contributed by atoms with E-state index in [1.807, 2.05) is 0 Å². The molecule has 0 saturated heterocycles. The zero-order valence-corrected chi connectivity index (χ0v) is 16.5. The number of alkyl halides is 3. The van der Waals surface area contributed by atoms with Crippen molar-refractivity contribution in [1.82, 2.24) is 25.3 Å². The van der Waals surface area contributed by atoms with Gasteiger partial charge in [0, 0.05) is 23.7 Å². The molecule has 2 aromatic heterocycles. The fourth-order valence-corrected chi connectivity index (χ4v) is 4.34. The Balaban J connectivity index is 1.37. The number of amides is 2. The zero-order valence-electron chi connectivity index (χ0n) is 16.5. The summed E-state index contributed by atoms with van der Waals surface area (Å²) in [7, 11) is 0. The predicted octanol–water partition coefficient (Wildman–Crippen LogP) is 2.94. The van der Waals surface area contributed by atoms with E-state index in [4.69, 9.17) is 0 Å². The molecule has 1 aliphatic heterocycles. The van der Waals surface area contributed by atoms with Crippen molar-refractivity contribution in [2.24, 2.45) is 5.92 Å². The Kier molecular flexibility index (Phi) is 4.71. The second kappa shape index (κ2) is 7.31. The SMILES string of the molecule is O=C(N[C@@H]1CCCC[C@H]1N1Cc2ncc(-c3noc(C(F)(F)F)n3)cc2C1=O)C1CC1. The van der Waals surface area contributed by atoms with Crippen LogP contribution in [-0.2, 0) is 17.5 Å². The molecule has 0 bridgehead atoms. The zero-order chi connectivity index (χ0) is 21.8. The summed E-state index contributed by atoms with van der Waals surface area (Å²) >= 11 is 0. The molecule has 8 nitrogen and oxygen atoms in total. The molecule has 11 heteroatoms. The van der Waals surface area contributed by atoms with Crippen LogP contribution in [-0.4, -0.2) is 43.9 Å². The minimum absolute atomic E-state index is 0.0547. The Bertz CT molecular complexity index is 1030. The van der Waals surface area contributed by atoms with Gasteiger partial charge in [-0.25, -0.2) is 0 Å². The monoisotopic (exact) mass is 435 g/mol. The minimum Gasteiger partial charge on any atom is -0.351 e. The van der Waals surface area contributed by atoms with Gasteiger partial charge in [-0.05, 0) is 31.7 Å². The van der Waals surface area contributed by atoms with Gasteiger partial charge in [-0.1, -0.05) is 18.0 Å². The number of nitrogens with zero attached hydrogens (tertiary/aromatic N) is 4. The lowest BCUT2D eigenvalue weighted by atomic mass is 9.89. The van der Waals surface area contributed by atoms with E-state index in [0.717, 1.165) is 38.5 Å². The van der Waals surface area contributed by atoms with Crippen molar-refractivity contribution in [2.45, 2.75) is 63.3 Å². The van der Waals surface area contributed by atoms with Gasteiger partial charge in [-0.2, -0.15) is 18.2 Å². The number of pyridine rings is 1. The fraction of sp³-hybridized carbons (Fsp3) is 0.550. The van der Waals surface area contributed by atoms with Crippen LogP contribution in [0.5, 0.6) is 0 Å². The van der Waals surface area contributed by atoms with Gasteiger partial charge in [-0.3, -0.25) is 14.6 Å². The van der Waals surface area contributed by atoms with E-state index in [0.29, 0.717) is 17.8 Å². The highest BCUT2D eigenvalue weighted by atomic mass is 19.4. The van der Waals surface area contributed by atoms with Gasteiger partial charge >= 0.3 is 12.1 Å². The summed E-state index contributed by atoms with van der Waals surface area (Å²) in [6.45, 7) is 0.301. The molecule has 2 amide bonds. The van der Waals surface area contributed by atoms with Crippen molar-refractivity contribution in [3.8, 4) is 11.4 Å². The molecule has 164 valence electrons. The van der Waals surface area contributed by atoms with Crippen molar-refractivity contribution in [3.63, 3.8) is 0 Å². The van der Waals surface area contributed by atoms with Gasteiger partial charge in [0.05, 0.1) is 23.8 Å². The minimum atomic E-state index is -4.75. The van der Waals surface area contributed by atoms with E-state index in [9.17, 15) is 22.8 Å². The van der Waals surface area contributed by atoms with Crippen LogP contribution in [0.2, 0.25) is 0 Å². The molecule has 2 atom stereocenters. The van der Waals surface area contributed by atoms with Crippen LogP contribution in [0.1, 0.15) is 60.5 Å². The number of carbonyl (C=O) groups excluding carboxylic acids is 2. The van der Waals surface area contributed by atoms with Crippen LogP contribution in [0.25, 0.3) is 11.4 Å². The summed E-state index contributed by atoms with van der Waals surface area (Å²) < 4.78 is 42.5. The van der Waals surface area contributed by atoms with E-state index in [1.54, 1.807) is 4.90 Å². The van der Waals surface area contributed by atoms with Gasteiger partial charge in [0.2, 0.25) is 11.7 Å². The topological polar surface area (TPSA) is 101 Å². The van der Waals surface area contributed by atoms with Gasteiger partial charge in [0.25, 0.3) is 5.91 Å². The highest BCUT2D eigenvalue weighted by Gasteiger charge is 2.41. The third-order valence-electron chi connectivity index (χ3n) is 6.11. The number of carbonyl (C=O) groups is 2. The van der Waals surface area contributed by atoms with Crippen LogP contribution in [0.15, 0.2) is 16.8 Å². The maximum absolute atomic E-state index is 13.2. The summed E-state index contributed by atoms with van der Waals surface area (Å²) in [5, 5.41) is 6.48. The molecular weight excluding hydrogens is 415 g/mol. The average molecular weight is 435 g/mol. The largest absolute Gasteiger partial charge is 0.471 e. The molecule has 3 heterocycles. The van der Waals surface area contributed by atoms with Crippen LogP contribution in [0, 0.1) is 5.92 Å². The van der Waals surface area contributed by atoms with Gasteiger partial charge in [-0.15, -0.1) is 0 Å². The highest BCUT2D eigenvalue weighted by molar-refractivity contribution is 5.99. The molecule has 0 spiro atoms.